The van der Waals surface area contributed by atoms with E-state index in [0.29, 0.717) is 5.56 Å². The van der Waals surface area contributed by atoms with Gasteiger partial charge in [0.05, 0.1) is 6.04 Å². The zero-order valence-corrected chi connectivity index (χ0v) is 13.5. The van der Waals surface area contributed by atoms with Gasteiger partial charge in [-0.05, 0) is 28.3 Å². The zero-order chi connectivity index (χ0) is 17.2. The van der Waals surface area contributed by atoms with Crippen LogP contribution in [0.2, 0.25) is 0 Å². The lowest BCUT2D eigenvalue weighted by Gasteiger charge is -2.16. The first-order chi connectivity index (χ1) is 12.2. The largest absolute Gasteiger partial charge is 0.334 e. The lowest BCUT2D eigenvalue weighted by molar-refractivity contribution is 0.238. The molecule has 4 heteroatoms. The summed E-state index contributed by atoms with van der Waals surface area (Å²) >= 11 is 0. The van der Waals surface area contributed by atoms with Gasteiger partial charge in [-0.2, -0.15) is 0 Å². The van der Waals surface area contributed by atoms with Gasteiger partial charge in [0.15, 0.2) is 0 Å². The molecule has 1 aliphatic carbocycles. The van der Waals surface area contributed by atoms with Crippen molar-refractivity contribution in [1.82, 2.24) is 10.6 Å². The summed E-state index contributed by atoms with van der Waals surface area (Å²) in [4.78, 5) is 12.4. The fourth-order valence-corrected chi connectivity index (χ4v) is 3.31. The molecule has 0 saturated heterocycles. The van der Waals surface area contributed by atoms with Crippen LogP contribution in [0.1, 0.15) is 22.7 Å². The van der Waals surface area contributed by atoms with Crippen LogP contribution in [0.25, 0.3) is 11.1 Å². The molecule has 3 nitrogen and oxygen atoms in total. The number of nitrogens with one attached hydrogen (secondary N) is 2. The number of hydrogen-bond donors (Lipinski definition) is 2. The molecule has 0 spiro atoms. The first kappa shape index (κ1) is 15.4. The lowest BCUT2D eigenvalue weighted by atomic mass is 10.1. The number of halogens is 1. The molecule has 0 fully saturated rings. The third-order valence-corrected chi connectivity index (χ3v) is 4.51. The van der Waals surface area contributed by atoms with Gasteiger partial charge in [0.1, 0.15) is 5.82 Å². The molecule has 2 amide bonds. The van der Waals surface area contributed by atoms with E-state index in [0.717, 1.165) is 22.3 Å². The molecule has 3 aromatic carbocycles. The van der Waals surface area contributed by atoms with Gasteiger partial charge in [-0.15, -0.1) is 0 Å². The fourth-order valence-electron chi connectivity index (χ4n) is 3.31. The van der Waals surface area contributed by atoms with Crippen molar-refractivity contribution in [2.45, 2.75) is 12.6 Å². The Bertz CT molecular complexity index is 893. The van der Waals surface area contributed by atoms with E-state index in [2.05, 4.69) is 22.8 Å². The average Bonchev–Trinajstić information content (AvgIpc) is 2.96. The van der Waals surface area contributed by atoms with Crippen LogP contribution in [0, 0.1) is 5.82 Å². The molecular formula is C21H17FN2O. The molecule has 0 aromatic heterocycles. The van der Waals surface area contributed by atoms with Crippen LogP contribution < -0.4 is 10.6 Å². The minimum atomic E-state index is -0.320. The molecule has 25 heavy (non-hydrogen) atoms. The Kier molecular flexibility index (Phi) is 3.94. The van der Waals surface area contributed by atoms with E-state index in [-0.39, 0.29) is 24.4 Å². The van der Waals surface area contributed by atoms with Gasteiger partial charge >= 0.3 is 6.03 Å². The second kappa shape index (κ2) is 6.40. The molecule has 3 aromatic rings. The Balaban J connectivity index is 1.53. The van der Waals surface area contributed by atoms with Crippen LogP contribution in [0.5, 0.6) is 0 Å². The number of benzene rings is 3. The van der Waals surface area contributed by atoms with E-state index in [1.54, 1.807) is 18.2 Å². The molecular weight excluding hydrogens is 315 g/mol. The number of amides is 2. The number of urea groups is 1. The normalized spacial score (nSPS) is 12.4. The maximum absolute atomic E-state index is 13.7. The Morgan fingerprint density at radius 2 is 1.40 bits per heavy atom. The monoisotopic (exact) mass is 332 g/mol. The highest BCUT2D eigenvalue weighted by atomic mass is 19.1. The van der Waals surface area contributed by atoms with Crippen LogP contribution >= 0.6 is 0 Å². The van der Waals surface area contributed by atoms with Crippen molar-refractivity contribution >= 4 is 6.03 Å². The molecule has 0 saturated carbocycles. The Morgan fingerprint density at radius 1 is 0.840 bits per heavy atom. The third-order valence-electron chi connectivity index (χ3n) is 4.51. The standard InChI is InChI=1S/C21H17FN2O/c22-19-12-6-1-7-14(19)13-23-21(25)24-20-17-10-4-2-8-15(17)16-9-3-5-11-18(16)20/h1-12,20H,13H2,(H2,23,24,25). The maximum Gasteiger partial charge on any atom is 0.315 e. The van der Waals surface area contributed by atoms with Gasteiger partial charge in [-0.3, -0.25) is 0 Å². The molecule has 0 radical (unpaired) electrons. The Hall–Kier alpha value is -3.14. The summed E-state index contributed by atoms with van der Waals surface area (Å²) in [5.41, 5.74) is 4.88. The van der Waals surface area contributed by atoms with Crippen molar-refractivity contribution in [3.05, 3.63) is 95.3 Å². The fraction of sp³-hybridized carbons (Fsp3) is 0.0952. The number of carbonyl (C=O) groups excluding carboxylic acids is 1. The molecule has 4 rings (SSSR count). The molecule has 124 valence electrons. The first-order valence-corrected chi connectivity index (χ1v) is 8.20. The van der Waals surface area contributed by atoms with Crippen LogP contribution in [0.3, 0.4) is 0 Å². The number of hydrogen-bond acceptors (Lipinski definition) is 1. The number of fused-ring (bicyclic) bond motifs is 3. The summed E-state index contributed by atoms with van der Waals surface area (Å²) in [6.07, 6.45) is 0. The van der Waals surface area contributed by atoms with Crippen LogP contribution in [-0.4, -0.2) is 6.03 Å². The van der Waals surface area contributed by atoms with Gasteiger partial charge in [0.2, 0.25) is 0 Å². The Labute approximate surface area is 145 Å². The molecule has 0 atom stereocenters. The summed E-state index contributed by atoms with van der Waals surface area (Å²) in [6.45, 7) is 0.147. The lowest BCUT2D eigenvalue weighted by Crippen LogP contribution is -2.37. The molecule has 0 unspecified atom stereocenters. The molecule has 2 N–H and O–H groups in total. The smallest absolute Gasteiger partial charge is 0.315 e. The van der Waals surface area contributed by atoms with E-state index >= 15 is 0 Å². The van der Waals surface area contributed by atoms with Crippen molar-refractivity contribution in [2.24, 2.45) is 0 Å². The second-order valence-corrected chi connectivity index (χ2v) is 6.03. The van der Waals surface area contributed by atoms with Gasteiger partial charge in [0.25, 0.3) is 0 Å². The Morgan fingerprint density at radius 3 is 2.04 bits per heavy atom. The van der Waals surface area contributed by atoms with Crippen LogP contribution in [0.4, 0.5) is 9.18 Å². The maximum atomic E-state index is 13.7. The van der Waals surface area contributed by atoms with Gasteiger partial charge in [-0.25, -0.2) is 9.18 Å². The quantitative estimate of drug-likeness (QED) is 0.733. The minimum absolute atomic E-state index is 0.147. The summed E-state index contributed by atoms with van der Waals surface area (Å²) < 4.78 is 13.7. The SMILES string of the molecule is O=C(NCc1ccccc1F)NC1c2ccccc2-c2ccccc21. The molecule has 0 heterocycles. The van der Waals surface area contributed by atoms with Gasteiger partial charge < -0.3 is 10.6 Å². The van der Waals surface area contributed by atoms with Gasteiger partial charge in [0, 0.05) is 12.1 Å². The summed E-state index contributed by atoms with van der Waals surface area (Å²) in [5, 5.41) is 5.75. The average molecular weight is 332 g/mol. The van der Waals surface area contributed by atoms with Crippen molar-refractivity contribution < 1.29 is 9.18 Å². The van der Waals surface area contributed by atoms with Crippen molar-refractivity contribution in [3.63, 3.8) is 0 Å². The predicted octanol–water partition coefficient (Wildman–Crippen LogP) is 4.39. The minimum Gasteiger partial charge on any atom is -0.334 e. The second-order valence-electron chi connectivity index (χ2n) is 6.03. The molecule has 0 bridgehead atoms. The van der Waals surface area contributed by atoms with Crippen molar-refractivity contribution in [3.8, 4) is 11.1 Å². The first-order valence-electron chi connectivity index (χ1n) is 8.20. The third kappa shape index (κ3) is 2.87. The van der Waals surface area contributed by atoms with E-state index in [1.807, 2.05) is 36.4 Å². The van der Waals surface area contributed by atoms with E-state index in [9.17, 15) is 9.18 Å². The molecule has 0 aliphatic heterocycles. The highest BCUT2D eigenvalue weighted by molar-refractivity contribution is 5.82. The van der Waals surface area contributed by atoms with Crippen molar-refractivity contribution in [1.29, 1.82) is 0 Å². The highest BCUT2D eigenvalue weighted by Gasteiger charge is 2.29. The van der Waals surface area contributed by atoms with Crippen LogP contribution in [-0.2, 0) is 6.54 Å². The number of carbonyl (C=O) groups is 1. The van der Waals surface area contributed by atoms with Crippen LogP contribution in [0.15, 0.2) is 72.8 Å². The van der Waals surface area contributed by atoms with Gasteiger partial charge in [-0.1, -0.05) is 66.7 Å². The predicted molar refractivity (Wildman–Crippen MR) is 95.5 cm³/mol. The molecule has 1 aliphatic rings. The summed E-state index contributed by atoms with van der Waals surface area (Å²) in [7, 11) is 0. The van der Waals surface area contributed by atoms with Crippen molar-refractivity contribution in [2.75, 3.05) is 0 Å². The van der Waals surface area contributed by atoms with E-state index in [4.69, 9.17) is 0 Å². The zero-order valence-electron chi connectivity index (χ0n) is 13.5. The van der Waals surface area contributed by atoms with E-state index in [1.165, 1.54) is 6.07 Å². The topological polar surface area (TPSA) is 41.1 Å². The number of rotatable bonds is 3. The highest BCUT2D eigenvalue weighted by Crippen LogP contribution is 2.42. The summed E-state index contributed by atoms with van der Waals surface area (Å²) in [5.74, 6) is -0.320. The summed E-state index contributed by atoms with van der Waals surface area (Å²) in [6, 6.07) is 22.0. The van der Waals surface area contributed by atoms with E-state index < -0.39 is 0 Å².